The monoisotopic (exact) mass is 427 g/mol. The van der Waals surface area contributed by atoms with E-state index in [1.54, 1.807) is 17.0 Å². The number of hydrogen-bond donors (Lipinski definition) is 1. The molecule has 0 unspecified atom stereocenters. The molecular formula is C21H29N7O3. The number of fused-ring (bicyclic) bond motifs is 1. The molecule has 0 atom stereocenters. The van der Waals surface area contributed by atoms with Crippen molar-refractivity contribution in [3.63, 3.8) is 0 Å². The van der Waals surface area contributed by atoms with E-state index in [2.05, 4.69) is 33.7 Å². The topological polar surface area (TPSA) is 111 Å². The van der Waals surface area contributed by atoms with Gasteiger partial charge in [-0.25, -0.2) is 19.7 Å². The maximum absolute atomic E-state index is 12.7. The van der Waals surface area contributed by atoms with Crippen LogP contribution in [-0.2, 0) is 17.8 Å². The van der Waals surface area contributed by atoms with Crippen molar-refractivity contribution in [3.05, 3.63) is 33.2 Å². The van der Waals surface area contributed by atoms with Crippen LogP contribution in [0.5, 0.6) is 0 Å². The average molecular weight is 428 g/mol. The molecule has 1 saturated heterocycles. The number of H-pyrrole nitrogens is 1. The van der Waals surface area contributed by atoms with E-state index < -0.39 is 11.2 Å². The highest BCUT2D eigenvalue weighted by Crippen LogP contribution is 2.23. The summed E-state index contributed by atoms with van der Waals surface area (Å²) in [7, 11) is 0. The van der Waals surface area contributed by atoms with Crippen LogP contribution in [0.4, 0.5) is 5.95 Å². The Labute approximate surface area is 179 Å². The van der Waals surface area contributed by atoms with Crippen molar-refractivity contribution < 1.29 is 4.74 Å². The number of unbranched alkanes of at least 4 members (excludes halogenated alkanes) is 2. The molecule has 0 aromatic carbocycles. The van der Waals surface area contributed by atoms with Gasteiger partial charge in [-0.3, -0.25) is 14.3 Å². The second-order valence-corrected chi connectivity index (χ2v) is 7.75. The van der Waals surface area contributed by atoms with Crippen LogP contribution >= 0.6 is 0 Å². The van der Waals surface area contributed by atoms with Crippen LogP contribution in [0.3, 0.4) is 0 Å². The summed E-state index contributed by atoms with van der Waals surface area (Å²) < 4.78 is 8.85. The Kier molecular flexibility index (Phi) is 6.45. The lowest BCUT2D eigenvalue weighted by Crippen LogP contribution is -2.37. The Bertz CT molecular complexity index is 1140. The Morgan fingerprint density at radius 2 is 1.65 bits per heavy atom. The molecule has 1 fully saturated rings. The van der Waals surface area contributed by atoms with E-state index in [0.717, 1.165) is 44.3 Å². The first-order valence-corrected chi connectivity index (χ1v) is 11.0. The third-order valence-electron chi connectivity index (χ3n) is 5.55. The summed E-state index contributed by atoms with van der Waals surface area (Å²) in [6.45, 7) is 8.14. The van der Waals surface area contributed by atoms with Gasteiger partial charge >= 0.3 is 5.69 Å². The predicted molar refractivity (Wildman–Crippen MR) is 118 cm³/mol. The van der Waals surface area contributed by atoms with Crippen molar-refractivity contribution in [1.29, 1.82) is 0 Å². The van der Waals surface area contributed by atoms with E-state index in [-0.39, 0.29) is 0 Å². The quantitative estimate of drug-likeness (QED) is 0.583. The fourth-order valence-corrected chi connectivity index (χ4v) is 3.81. The normalized spacial score (nSPS) is 14.5. The third-order valence-corrected chi connectivity index (χ3v) is 5.55. The van der Waals surface area contributed by atoms with Crippen LogP contribution in [0.2, 0.25) is 0 Å². The number of aromatic amines is 1. The Morgan fingerprint density at radius 1 is 1.00 bits per heavy atom. The van der Waals surface area contributed by atoms with Gasteiger partial charge in [0.25, 0.3) is 5.56 Å². The maximum atomic E-state index is 12.7. The number of rotatable bonds is 8. The molecule has 4 rings (SSSR count). The number of morpholine rings is 1. The minimum atomic E-state index is -0.420. The van der Waals surface area contributed by atoms with Crippen LogP contribution in [-0.4, -0.2) is 55.4 Å². The molecule has 1 aliphatic heterocycles. The van der Waals surface area contributed by atoms with Crippen LogP contribution in [0.25, 0.3) is 22.6 Å². The highest BCUT2D eigenvalue weighted by molar-refractivity contribution is 5.76. The largest absolute Gasteiger partial charge is 0.378 e. The highest BCUT2D eigenvalue weighted by Gasteiger charge is 2.20. The molecule has 4 heterocycles. The molecule has 3 aromatic heterocycles. The Balaban J connectivity index is 1.81. The number of aryl methyl sites for hydroxylation is 2. The summed E-state index contributed by atoms with van der Waals surface area (Å²) in [5, 5.41) is 0. The van der Waals surface area contributed by atoms with Crippen molar-refractivity contribution in [3.8, 4) is 11.4 Å². The zero-order chi connectivity index (χ0) is 21.8. The lowest BCUT2D eigenvalue weighted by molar-refractivity contribution is 0.122. The van der Waals surface area contributed by atoms with Gasteiger partial charge in [0.2, 0.25) is 5.95 Å². The first-order chi connectivity index (χ1) is 15.1. The highest BCUT2D eigenvalue weighted by atomic mass is 16.5. The lowest BCUT2D eigenvalue weighted by Gasteiger charge is -2.26. The first-order valence-electron chi connectivity index (χ1n) is 11.0. The fraction of sp³-hybridized carbons (Fsp3) is 0.571. The molecular weight excluding hydrogens is 398 g/mol. The number of nitrogens with one attached hydrogen (secondary N) is 1. The molecule has 1 aliphatic rings. The van der Waals surface area contributed by atoms with Crippen molar-refractivity contribution in [1.82, 2.24) is 29.1 Å². The number of anilines is 1. The van der Waals surface area contributed by atoms with E-state index in [1.165, 1.54) is 0 Å². The van der Waals surface area contributed by atoms with Crippen LogP contribution < -0.4 is 16.1 Å². The molecule has 1 N–H and O–H groups in total. The number of aromatic nitrogens is 6. The minimum Gasteiger partial charge on any atom is -0.378 e. The van der Waals surface area contributed by atoms with E-state index in [1.807, 2.05) is 4.57 Å². The van der Waals surface area contributed by atoms with Gasteiger partial charge in [-0.05, 0) is 12.8 Å². The first kappa shape index (κ1) is 21.2. The smallest absolute Gasteiger partial charge is 0.330 e. The zero-order valence-electron chi connectivity index (χ0n) is 18.1. The van der Waals surface area contributed by atoms with E-state index >= 15 is 0 Å². The summed E-state index contributed by atoms with van der Waals surface area (Å²) in [6, 6.07) is 0. The second-order valence-electron chi connectivity index (χ2n) is 7.75. The molecule has 0 radical (unpaired) electrons. The van der Waals surface area contributed by atoms with E-state index in [0.29, 0.717) is 49.2 Å². The van der Waals surface area contributed by atoms with Gasteiger partial charge in [-0.1, -0.05) is 26.7 Å². The van der Waals surface area contributed by atoms with Crippen LogP contribution in [0, 0.1) is 0 Å². The maximum Gasteiger partial charge on any atom is 0.330 e. The van der Waals surface area contributed by atoms with E-state index in [9.17, 15) is 9.59 Å². The predicted octanol–water partition coefficient (Wildman–Crippen LogP) is 1.78. The average Bonchev–Trinajstić information content (AvgIpc) is 3.18. The zero-order valence-corrected chi connectivity index (χ0v) is 18.1. The lowest BCUT2D eigenvalue weighted by atomic mass is 10.3. The third kappa shape index (κ3) is 4.25. The molecule has 3 aromatic rings. The number of ether oxygens (including phenoxy) is 1. The minimum absolute atomic E-state index is 0.409. The molecule has 0 saturated carbocycles. The van der Waals surface area contributed by atoms with Gasteiger partial charge in [0.1, 0.15) is 5.82 Å². The summed E-state index contributed by atoms with van der Waals surface area (Å²) in [6.07, 6.45) is 7.11. The summed E-state index contributed by atoms with van der Waals surface area (Å²) in [4.78, 5) is 43.6. The second kappa shape index (κ2) is 9.42. The van der Waals surface area contributed by atoms with Crippen LogP contribution in [0.15, 0.2) is 22.0 Å². The summed E-state index contributed by atoms with van der Waals surface area (Å²) in [5.74, 6) is 1.26. The molecule has 0 spiro atoms. The van der Waals surface area contributed by atoms with Gasteiger partial charge < -0.3 is 14.2 Å². The Morgan fingerprint density at radius 3 is 2.29 bits per heavy atom. The van der Waals surface area contributed by atoms with E-state index in [4.69, 9.17) is 9.72 Å². The molecule has 10 heteroatoms. The number of hydrogen-bond acceptors (Lipinski definition) is 7. The molecule has 10 nitrogen and oxygen atoms in total. The van der Waals surface area contributed by atoms with Gasteiger partial charge in [0.05, 0.1) is 18.8 Å². The van der Waals surface area contributed by atoms with Crippen molar-refractivity contribution in [2.45, 2.75) is 52.6 Å². The molecule has 0 bridgehead atoms. The van der Waals surface area contributed by atoms with Gasteiger partial charge in [0.15, 0.2) is 11.2 Å². The van der Waals surface area contributed by atoms with Crippen molar-refractivity contribution >= 4 is 17.1 Å². The van der Waals surface area contributed by atoms with Crippen LogP contribution in [0.1, 0.15) is 39.5 Å². The standard InChI is InChI=1S/C21H29N7O3/c1-3-5-7-27-16-18(28(8-6-4-2)21(30)25-19(16)29)24-17(27)15-13-22-20(23-14-15)26-9-11-31-12-10-26/h13-14H,3-12H2,1-2H3,(H,25,29,30). The molecule has 31 heavy (non-hydrogen) atoms. The summed E-state index contributed by atoms with van der Waals surface area (Å²) >= 11 is 0. The molecule has 166 valence electrons. The van der Waals surface area contributed by atoms with Crippen molar-refractivity contribution in [2.24, 2.45) is 0 Å². The molecule has 0 amide bonds. The van der Waals surface area contributed by atoms with Gasteiger partial charge in [0, 0.05) is 38.6 Å². The number of nitrogens with zero attached hydrogens (tertiary/aromatic N) is 6. The van der Waals surface area contributed by atoms with Gasteiger partial charge in [-0.2, -0.15) is 0 Å². The fourth-order valence-electron chi connectivity index (χ4n) is 3.81. The van der Waals surface area contributed by atoms with Crippen molar-refractivity contribution in [2.75, 3.05) is 31.2 Å². The number of imidazole rings is 1. The summed E-state index contributed by atoms with van der Waals surface area (Å²) in [5.41, 5.74) is 0.741. The SMILES string of the molecule is CCCCn1c(-c2cnc(N3CCOCC3)nc2)nc2c1c(=O)[nH]c(=O)n2CCCC. The Hall–Kier alpha value is -3.01. The van der Waals surface area contributed by atoms with Gasteiger partial charge in [-0.15, -0.1) is 0 Å². The molecule has 0 aliphatic carbocycles.